The standard InChI is InChI=1S/C12H18FNO2/c1-3-14(6-7-15)9-10-4-5-11(16-2)8-12(10)13/h4-5,8,15H,3,6-7,9H2,1-2H3. The SMILES string of the molecule is CCN(CCO)Cc1ccc(OC)cc1F. The van der Waals surface area contributed by atoms with E-state index in [4.69, 9.17) is 9.84 Å². The number of ether oxygens (including phenoxy) is 1. The summed E-state index contributed by atoms with van der Waals surface area (Å²) in [5, 5.41) is 8.84. The fourth-order valence-corrected chi connectivity index (χ4v) is 1.51. The molecule has 4 heteroatoms. The lowest BCUT2D eigenvalue weighted by Gasteiger charge is -2.19. The normalized spacial score (nSPS) is 10.8. The number of likely N-dealkylation sites (N-methyl/N-ethyl adjacent to an activating group) is 1. The maximum atomic E-state index is 13.6. The van der Waals surface area contributed by atoms with Gasteiger partial charge in [-0.15, -0.1) is 0 Å². The fraction of sp³-hybridized carbons (Fsp3) is 0.500. The van der Waals surface area contributed by atoms with Gasteiger partial charge in [0.15, 0.2) is 0 Å². The quantitative estimate of drug-likeness (QED) is 0.802. The molecule has 0 fully saturated rings. The highest BCUT2D eigenvalue weighted by Crippen LogP contribution is 2.17. The van der Waals surface area contributed by atoms with Crippen LogP contribution in [0.15, 0.2) is 18.2 Å². The predicted molar refractivity (Wildman–Crippen MR) is 61.0 cm³/mol. The van der Waals surface area contributed by atoms with Gasteiger partial charge >= 0.3 is 0 Å². The van der Waals surface area contributed by atoms with Gasteiger partial charge in [0.2, 0.25) is 0 Å². The van der Waals surface area contributed by atoms with Crippen LogP contribution in [-0.2, 0) is 6.54 Å². The smallest absolute Gasteiger partial charge is 0.131 e. The van der Waals surface area contributed by atoms with Crippen molar-refractivity contribution >= 4 is 0 Å². The van der Waals surface area contributed by atoms with Gasteiger partial charge in [-0.2, -0.15) is 0 Å². The zero-order chi connectivity index (χ0) is 12.0. The largest absolute Gasteiger partial charge is 0.497 e. The van der Waals surface area contributed by atoms with Gasteiger partial charge < -0.3 is 9.84 Å². The lowest BCUT2D eigenvalue weighted by Crippen LogP contribution is -2.26. The second-order valence-corrected chi connectivity index (χ2v) is 3.55. The molecule has 1 rings (SSSR count). The minimum absolute atomic E-state index is 0.0889. The average Bonchev–Trinajstić information content (AvgIpc) is 2.30. The van der Waals surface area contributed by atoms with E-state index in [-0.39, 0.29) is 12.4 Å². The molecule has 3 nitrogen and oxygen atoms in total. The van der Waals surface area contributed by atoms with Crippen molar-refractivity contribution in [3.8, 4) is 5.75 Å². The van der Waals surface area contributed by atoms with Crippen molar-refractivity contribution < 1.29 is 14.2 Å². The number of rotatable bonds is 6. The molecular weight excluding hydrogens is 209 g/mol. The van der Waals surface area contributed by atoms with E-state index in [1.165, 1.54) is 13.2 Å². The number of nitrogens with zero attached hydrogens (tertiary/aromatic N) is 1. The van der Waals surface area contributed by atoms with Crippen LogP contribution in [-0.4, -0.2) is 36.8 Å². The Hall–Kier alpha value is -1.13. The molecule has 1 aromatic carbocycles. The minimum Gasteiger partial charge on any atom is -0.497 e. The molecule has 0 spiro atoms. The minimum atomic E-state index is -0.268. The first-order valence-electron chi connectivity index (χ1n) is 5.36. The topological polar surface area (TPSA) is 32.7 Å². The van der Waals surface area contributed by atoms with Crippen molar-refractivity contribution in [2.75, 3.05) is 26.8 Å². The summed E-state index contributed by atoms with van der Waals surface area (Å²) in [6, 6.07) is 4.83. The molecule has 0 saturated carbocycles. The van der Waals surface area contributed by atoms with Crippen LogP contribution in [0.1, 0.15) is 12.5 Å². The Morgan fingerprint density at radius 1 is 1.44 bits per heavy atom. The molecular formula is C12H18FNO2. The van der Waals surface area contributed by atoms with E-state index < -0.39 is 0 Å². The van der Waals surface area contributed by atoms with Crippen LogP contribution in [0.2, 0.25) is 0 Å². The maximum absolute atomic E-state index is 13.6. The molecule has 0 aliphatic heterocycles. The molecule has 0 radical (unpaired) electrons. The molecule has 0 unspecified atom stereocenters. The van der Waals surface area contributed by atoms with E-state index in [1.54, 1.807) is 12.1 Å². The van der Waals surface area contributed by atoms with Crippen molar-refractivity contribution in [1.82, 2.24) is 4.90 Å². The highest BCUT2D eigenvalue weighted by molar-refractivity contribution is 5.28. The van der Waals surface area contributed by atoms with Crippen molar-refractivity contribution in [2.45, 2.75) is 13.5 Å². The van der Waals surface area contributed by atoms with Gasteiger partial charge in [0, 0.05) is 24.7 Å². The van der Waals surface area contributed by atoms with Crippen LogP contribution >= 0.6 is 0 Å². The number of halogens is 1. The van der Waals surface area contributed by atoms with Gasteiger partial charge in [0.05, 0.1) is 13.7 Å². The van der Waals surface area contributed by atoms with Gasteiger partial charge in [-0.25, -0.2) is 4.39 Å². The van der Waals surface area contributed by atoms with Gasteiger partial charge in [0.25, 0.3) is 0 Å². The summed E-state index contributed by atoms with van der Waals surface area (Å²) in [5.41, 5.74) is 0.621. The summed E-state index contributed by atoms with van der Waals surface area (Å²) in [6.45, 7) is 3.92. The summed E-state index contributed by atoms with van der Waals surface area (Å²) in [7, 11) is 1.51. The number of benzene rings is 1. The molecule has 0 heterocycles. The second-order valence-electron chi connectivity index (χ2n) is 3.55. The molecule has 90 valence electrons. The van der Waals surface area contributed by atoms with E-state index in [9.17, 15) is 4.39 Å². The van der Waals surface area contributed by atoms with Gasteiger partial charge in [0.1, 0.15) is 11.6 Å². The first-order valence-corrected chi connectivity index (χ1v) is 5.36. The third-order valence-corrected chi connectivity index (χ3v) is 2.52. The summed E-state index contributed by atoms with van der Waals surface area (Å²) in [6.07, 6.45) is 0. The Labute approximate surface area is 95.5 Å². The first kappa shape index (κ1) is 12.9. The molecule has 1 aromatic rings. The Morgan fingerprint density at radius 2 is 2.19 bits per heavy atom. The highest BCUT2D eigenvalue weighted by Gasteiger charge is 2.08. The summed E-state index contributed by atoms with van der Waals surface area (Å²) in [5.74, 6) is 0.252. The first-order chi connectivity index (χ1) is 7.71. The van der Waals surface area contributed by atoms with Crippen LogP contribution in [0.5, 0.6) is 5.75 Å². The van der Waals surface area contributed by atoms with Crippen molar-refractivity contribution in [2.24, 2.45) is 0 Å². The van der Waals surface area contributed by atoms with E-state index in [0.29, 0.717) is 24.4 Å². The molecule has 0 bridgehead atoms. The second kappa shape index (κ2) is 6.45. The van der Waals surface area contributed by atoms with E-state index in [2.05, 4.69) is 0 Å². The lowest BCUT2D eigenvalue weighted by molar-refractivity contribution is 0.195. The molecule has 0 aliphatic carbocycles. The number of hydrogen-bond acceptors (Lipinski definition) is 3. The van der Waals surface area contributed by atoms with Gasteiger partial charge in [-0.3, -0.25) is 4.90 Å². The monoisotopic (exact) mass is 227 g/mol. The third kappa shape index (κ3) is 3.47. The number of aliphatic hydroxyl groups excluding tert-OH is 1. The number of aliphatic hydroxyl groups is 1. The lowest BCUT2D eigenvalue weighted by atomic mass is 10.2. The van der Waals surface area contributed by atoms with E-state index in [1.807, 2.05) is 11.8 Å². The number of hydrogen-bond donors (Lipinski definition) is 1. The Kier molecular flexibility index (Phi) is 5.22. The predicted octanol–water partition coefficient (Wildman–Crippen LogP) is 1.65. The van der Waals surface area contributed by atoms with Crippen LogP contribution in [0.4, 0.5) is 4.39 Å². The Balaban J connectivity index is 2.72. The molecule has 0 saturated heterocycles. The molecule has 0 atom stereocenters. The molecule has 0 aliphatic rings. The molecule has 16 heavy (non-hydrogen) atoms. The summed E-state index contributed by atoms with van der Waals surface area (Å²) in [4.78, 5) is 1.98. The zero-order valence-electron chi connectivity index (χ0n) is 9.74. The molecule has 0 aromatic heterocycles. The van der Waals surface area contributed by atoms with Crippen molar-refractivity contribution in [1.29, 1.82) is 0 Å². The van der Waals surface area contributed by atoms with Crippen molar-refractivity contribution in [3.63, 3.8) is 0 Å². The number of methoxy groups -OCH3 is 1. The summed E-state index contributed by atoms with van der Waals surface area (Å²) >= 11 is 0. The van der Waals surface area contributed by atoms with E-state index in [0.717, 1.165) is 6.54 Å². The zero-order valence-corrected chi connectivity index (χ0v) is 9.74. The molecule has 0 amide bonds. The molecule has 1 N–H and O–H groups in total. The van der Waals surface area contributed by atoms with Gasteiger partial charge in [-0.1, -0.05) is 13.0 Å². The van der Waals surface area contributed by atoms with Crippen LogP contribution in [0, 0.1) is 5.82 Å². The Morgan fingerprint density at radius 3 is 2.69 bits per heavy atom. The Bertz CT molecular complexity index is 331. The highest BCUT2D eigenvalue weighted by atomic mass is 19.1. The van der Waals surface area contributed by atoms with Gasteiger partial charge in [-0.05, 0) is 12.6 Å². The third-order valence-electron chi connectivity index (χ3n) is 2.52. The average molecular weight is 227 g/mol. The van der Waals surface area contributed by atoms with E-state index >= 15 is 0 Å². The van der Waals surface area contributed by atoms with Crippen LogP contribution in [0.25, 0.3) is 0 Å². The van der Waals surface area contributed by atoms with Crippen molar-refractivity contribution in [3.05, 3.63) is 29.6 Å². The maximum Gasteiger partial charge on any atom is 0.131 e. The summed E-state index contributed by atoms with van der Waals surface area (Å²) < 4.78 is 18.5. The van der Waals surface area contributed by atoms with Crippen LogP contribution < -0.4 is 4.74 Å². The fourth-order valence-electron chi connectivity index (χ4n) is 1.51. The van der Waals surface area contributed by atoms with Crippen LogP contribution in [0.3, 0.4) is 0 Å².